The first-order chi connectivity index (χ1) is 19.4. The van der Waals surface area contributed by atoms with E-state index in [9.17, 15) is 4.79 Å². The third-order valence-corrected chi connectivity index (χ3v) is 6.87. The van der Waals surface area contributed by atoms with Gasteiger partial charge in [-0.2, -0.15) is 0 Å². The molecule has 0 spiro atoms. The second kappa shape index (κ2) is 10.4. The van der Waals surface area contributed by atoms with Gasteiger partial charge >= 0.3 is 5.97 Å². The van der Waals surface area contributed by atoms with Crippen LogP contribution in [0.25, 0.3) is 16.9 Å². The molecular formula is C29H27N9O2. The van der Waals surface area contributed by atoms with Crippen LogP contribution in [0.2, 0.25) is 0 Å². The van der Waals surface area contributed by atoms with Gasteiger partial charge < -0.3 is 24.6 Å². The third kappa shape index (κ3) is 5.04. The topological polar surface area (TPSA) is 124 Å². The minimum absolute atomic E-state index is 0.0664. The number of imidazole rings is 1. The van der Waals surface area contributed by atoms with Crippen molar-refractivity contribution in [3.05, 3.63) is 90.1 Å². The molecule has 200 valence electrons. The number of nitrogens with zero attached hydrogens (tertiary/aromatic N) is 8. The minimum atomic E-state index is -1.04. The molecular weight excluding hydrogens is 506 g/mol. The number of nitrogens with one attached hydrogen (secondary N) is 1. The molecule has 0 amide bonds. The molecule has 0 bridgehead atoms. The summed E-state index contributed by atoms with van der Waals surface area (Å²) in [7, 11) is 3.90. The van der Waals surface area contributed by atoms with Crippen LogP contribution in [-0.4, -0.2) is 68.8 Å². The molecule has 0 atom stereocenters. The summed E-state index contributed by atoms with van der Waals surface area (Å²) in [6, 6.07) is 14.4. The van der Waals surface area contributed by atoms with Crippen molar-refractivity contribution >= 4 is 41.0 Å². The van der Waals surface area contributed by atoms with E-state index in [0.29, 0.717) is 24.9 Å². The SMILES string of the molecule is CN(CCN(C)c1ncc(C(=O)O)cn1)c1ccc(Nc2nc(-c3ccc4c(c3)CN=C4)cn3ccnc23)cc1. The molecule has 11 nitrogen and oxygen atoms in total. The lowest BCUT2D eigenvalue weighted by atomic mass is 10.0. The molecule has 0 aliphatic carbocycles. The first-order valence-corrected chi connectivity index (χ1v) is 12.8. The Hall–Kier alpha value is -5.32. The number of aromatic nitrogens is 5. The van der Waals surface area contributed by atoms with Gasteiger partial charge in [0, 0.05) is 81.3 Å². The van der Waals surface area contributed by atoms with Crippen molar-refractivity contribution in [2.24, 2.45) is 4.99 Å². The van der Waals surface area contributed by atoms with Crippen molar-refractivity contribution in [1.82, 2.24) is 24.3 Å². The zero-order valence-electron chi connectivity index (χ0n) is 22.1. The molecule has 0 fully saturated rings. The molecule has 0 saturated carbocycles. The van der Waals surface area contributed by atoms with Gasteiger partial charge in [-0.05, 0) is 41.5 Å². The first kappa shape index (κ1) is 25.0. The van der Waals surface area contributed by atoms with Crippen molar-refractivity contribution in [2.75, 3.05) is 42.3 Å². The van der Waals surface area contributed by atoms with Crippen LogP contribution in [0.15, 0.2) is 78.4 Å². The van der Waals surface area contributed by atoms with Gasteiger partial charge in [-0.1, -0.05) is 12.1 Å². The van der Waals surface area contributed by atoms with Gasteiger partial charge in [0.2, 0.25) is 5.95 Å². The summed E-state index contributed by atoms with van der Waals surface area (Å²) in [5.41, 5.74) is 7.01. The van der Waals surface area contributed by atoms with Crippen LogP contribution in [0.3, 0.4) is 0 Å². The summed E-state index contributed by atoms with van der Waals surface area (Å²) in [5.74, 6) is 0.112. The Kier molecular flexibility index (Phi) is 6.52. The van der Waals surface area contributed by atoms with Gasteiger partial charge in [0.05, 0.1) is 17.8 Å². The lowest BCUT2D eigenvalue weighted by Crippen LogP contribution is -2.31. The maximum atomic E-state index is 11.0. The van der Waals surface area contributed by atoms with Crippen molar-refractivity contribution < 1.29 is 9.90 Å². The van der Waals surface area contributed by atoms with E-state index in [0.717, 1.165) is 40.4 Å². The zero-order chi connectivity index (χ0) is 27.6. The van der Waals surface area contributed by atoms with Crippen LogP contribution < -0.4 is 15.1 Å². The molecule has 6 rings (SSSR count). The maximum absolute atomic E-state index is 11.0. The van der Waals surface area contributed by atoms with E-state index in [-0.39, 0.29) is 5.56 Å². The first-order valence-electron chi connectivity index (χ1n) is 12.8. The van der Waals surface area contributed by atoms with Gasteiger partial charge in [0.1, 0.15) is 0 Å². The normalized spacial score (nSPS) is 11.9. The Morgan fingerprint density at radius 3 is 2.58 bits per heavy atom. The number of likely N-dealkylation sites (N-methyl/N-ethyl adjacent to an activating group) is 2. The molecule has 5 aromatic rings. The molecule has 0 saturated heterocycles. The van der Waals surface area contributed by atoms with Crippen LogP contribution in [0.1, 0.15) is 21.5 Å². The van der Waals surface area contributed by atoms with Crippen LogP contribution in [0.4, 0.5) is 23.1 Å². The Balaban J connectivity index is 1.14. The summed E-state index contributed by atoms with van der Waals surface area (Å²) in [5, 5.41) is 12.5. The smallest absolute Gasteiger partial charge is 0.338 e. The zero-order valence-corrected chi connectivity index (χ0v) is 22.1. The Labute approximate surface area is 230 Å². The highest BCUT2D eigenvalue weighted by Crippen LogP contribution is 2.28. The van der Waals surface area contributed by atoms with Crippen LogP contribution in [0, 0.1) is 0 Å². The molecule has 40 heavy (non-hydrogen) atoms. The highest BCUT2D eigenvalue weighted by Gasteiger charge is 2.14. The van der Waals surface area contributed by atoms with Crippen molar-refractivity contribution in [3.63, 3.8) is 0 Å². The Bertz CT molecular complexity index is 1710. The van der Waals surface area contributed by atoms with Crippen LogP contribution >= 0.6 is 0 Å². The summed E-state index contributed by atoms with van der Waals surface area (Å²) < 4.78 is 1.98. The van der Waals surface area contributed by atoms with Gasteiger partial charge in [0.25, 0.3) is 0 Å². The van der Waals surface area contributed by atoms with E-state index < -0.39 is 5.97 Å². The van der Waals surface area contributed by atoms with E-state index in [1.165, 1.54) is 18.0 Å². The van der Waals surface area contributed by atoms with E-state index in [1.807, 2.05) is 66.3 Å². The predicted octanol–water partition coefficient (Wildman–Crippen LogP) is 4.13. The molecule has 1 aliphatic rings. The monoisotopic (exact) mass is 533 g/mol. The average Bonchev–Trinajstić information content (AvgIpc) is 3.65. The third-order valence-electron chi connectivity index (χ3n) is 6.87. The molecule has 1 aliphatic heterocycles. The fourth-order valence-corrected chi connectivity index (χ4v) is 4.52. The fourth-order valence-electron chi connectivity index (χ4n) is 4.52. The number of aromatic carboxylic acids is 1. The fraction of sp³-hybridized carbons (Fsp3) is 0.172. The molecule has 2 N–H and O–H groups in total. The van der Waals surface area contributed by atoms with E-state index in [1.54, 1.807) is 6.20 Å². The number of carbonyl (C=O) groups is 1. The molecule has 0 radical (unpaired) electrons. The number of aliphatic imine (C=N–C) groups is 1. The largest absolute Gasteiger partial charge is 0.478 e. The number of hydrogen-bond acceptors (Lipinski definition) is 9. The number of anilines is 4. The summed E-state index contributed by atoms with van der Waals surface area (Å²) in [6.07, 6.45) is 10.2. The van der Waals surface area contributed by atoms with Crippen molar-refractivity contribution in [3.8, 4) is 11.3 Å². The number of carboxylic acid groups (broad SMARTS) is 1. The van der Waals surface area contributed by atoms with Crippen LogP contribution in [-0.2, 0) is 6.54 Å². The van der Waals surface area contributed by atoms with E-state index in [2.05, 4.69) is 48.4 Å². The summed E-state index contributed by atoms with van der Waals surface area (Å²) in [6.45, 7) is 2.08. The number of carboxylic acids is 1. The lowest BCUT2D eigenvalue weighted by Gasteiger charge is -2.24. The number of hydrogen-bond donors (Lipinski definition) is 2. The Morgan fingerprint density at radius 2 is 1.80 bits per heavy atom. The molecule has 2 aromatic carbocycles. The van der Waals surface area contributed by atoms with Gasteiger partial charge in [-0.3, -0.25) is 4.99 Å². The van der Waals surface area contributed by atoms with Gasteiger partial charge in [0.15, 0.2) is 11.5 Å². The Morgan fingerprint density at radius 1 is 1.02 bits per heavy atom. The highest BCUT2D eigenvalue weighted by molar-refractivity contribution is 5.87. The molecule has 0 unspecified atom stereocenters. The molecule has 3 aromatic heterocycles. The van der Waals surface area contributed by atoms with Gasteiger partial charge in [-0.15, -0.1) is 0 Å². The summed E-state index contributed by atoms with van der Waals surface area (Å²) >= 11 is 0. The molecule has 11 heteroatoms. The van der Waals surface area contributed by atoms with E-state index in [4.69, 9.17) is 10.1 Å². The molecule has 4 heterocycles. The number of benzene rings is 2. The van der Waals surface area contributed by atoms with Crippen LogP contribution in [0.5, 0.6) is 0 Å². The average molecular weight is 534 g/mol. The minimum Gasteiger partial charge on any atom is -0.478 e. The highest BCUT2D eigenvalue weighted by atomic mass is 16.4. The van der Waals surface area contributed by atoms with Crippen molar-refractivity contribution in [1.29, 1.82) is 0 Å². The quantitative estimate of drug-likeness (QED) is 0.288. The number of fused-ring (bicyclic) bond motifs is 2. The standard InChI is InChI=1S/C29H27N9O2/c1-36(11-12-37(2)29-32-16-22(17-33-29)28(39)40)24-7-5-23(6-8-24)34-26-27-31-9-10-38(27)18-25(35-26)19-3-4-20-14-30-15-21(20)13-19/h3-10,13-14,16-18H,11-12,15H2,1-2H3,(H,34,35)(H,39,40). The van der Waals surface area contributed by atoms with E-state index >= 15 is 0 Å². The second-order valence-electron chi connectivity index (χ2n) is 9.61. The van der Waals surface area contributed by atoms with Gasteiger partial charge in [-0.25, -0.2) is 24.7 Å². The summed E-state index contributed by atoms with van der Waals surface area (Å²) in [4.78, 5) is 37.1. The number of rotatable bonds is 9. The lowest BCUT2D eigenvalue weighted by molar-refractivity contribution is 0.0696. The van der Waals surface area contributed by atoms with Crippen molar-refractivity contribution in [2.45, 2.75) is 6.54 Å². The maximum Gasteiger partial charge on any atom is 0.338 e. The predicted molar refractivity (Wildman–Crippen MR) is 155 cm³/mol. The second-order valence-corrected chi connectivity index (χ2v) is 9.61.